The molecule has 374 valence electrons. The Morgan fingerprint density at radius 1 is 0.129 bits per heavy atom. The zero-order valence-corrected chi connectivity index (χ0v) is 45.6. The van der Waals surface area contributed by atoms with E-state index in [-0.39, 0.29) is 0 Å². The monoisotopic (exact) mass is 890 g/mol. The van der Waals surface area contributed by atoms with E-state index in [1.807, 2.05) is 0 Å². The van der Waals surface area contributed by atoms with E-state index in [2.05, 4.69) is 27.7 Å². The first-order chi connectivity index (χ1) is 30.7. The van der Waals surface area contributed by atoms with Crippen molar-refractivity contribution in [2.24, 2.45) is 0 Å². The van der Waals surface area contributed by atoms with Gasteiger partial charge in [0.2, 0.25) is 0 Å². The summed E-state index contributed by atoms with van der Waals surface area (Å²) < 4.78 is 0. The second-order valence-corrected chi connectivity index (χ2v) is 26.0. The van der Waals surface area contributed by atoms with Crippen molar-refractivity contribution in [3.63, 3.8) is 0 Å². The molecule has 0 aromatic carbocycles. The Kier molecular flexibility index (Phi) is 56.1. The molecular weight excluding hydrogens is 764 g/mol. The smallest absolute Gasteiger partial charge is 0.0594 e. The maximum Gasteiger partial charge on any atom is 0.0594 e. The maximum atomic E-state index is 2.34. The molecule has 0 aliphatic carbocycles. The minimum absolute atomic E-state index is 0.827. The highest BCUT2D eigenvalue weighted by atomic mass is 31.2. The molecule has 0 bridgehead atoms. The minimum Gasteiger partial charge on any atom is -0.0654 e. The van der Waals surface area contributed by atoms with Gasteiger partial charge in [-0.25, -0.2) is 0 Å². The Hall–Kier alpha value is 0.430. The summed E-state index contributed by atoms with van der Waals surface area (Å²) >= 11 is 0. The molecule has 0 heterocycles. The van der Waals surface area contributed by atoms with Crippen LogP contribution >= 0.6 is 7.26 Å². The fourth-order valence-electron chi connectivity index (χ4n) is 10.7. The quantitative estimate of drug-likeness (QED) is 0.0422. The van der Waals surface area contributed by atoms with Crippen molar-refractivity contribution in [2.45, 2.75) is 368 Å². The average Bonchev–Trinajstić information content (AvgIpc) is 3.28. The standard InChI is InChI=1S/C61H126P/c1-5-9-13-17-21-25-29-32-35-39-43-47-51-55-59-62(58-54-50-46-42-38-28-24-20-16-12-8-4,60-56-52-48-44-40-36-33-30-26-22-18-14-10-6-2)61-57-53-49-45-41-37-34-31-27-23-19-15-11-7-3/h5-61H2,1-4H3/q+1. The fourth-order valence-corrected chi connectivity index (χ4v) is 15.6. The van der Waals surface area contributed by atoms with Crippen LogP contribution in [0.2, 0.25) is 0 Å². The molecule has 0 aromatic rings. The van der Waals surface area contributed by atoms with Crippen LogP contribution in [0.4, 0.5) is 0 Å². The van der Waals surface area contributed by atoms with Gasteiger partial charge in [-0.15, -0.1) is 0 Å². The van der Waals surface area contributed by atoms with Crippen molar-refractivity contribution in [3.8, 4) is 0 Å². The summed E-state index contributed by atoms with van der Waals surface area (Å²) in [4.78, 5) is 0. The molecule has 1 heteroatoms. The van der Waals surface area contributed by atoms with Crippen LogP contribution in [0.25, 0.3) is 0 Å². The molecule has 62 heavy (non-hydrogen) atoms. The molecule has 0 aliphatic heterocycles. The van der Waals surface area contributed by atoms with E-state index in [1.54, 1.807) is 50.3 Å². The highest BCUT2D eigenvalue weighted by Crippen LogP contribution is 2.61. The third-order valence-electron chi connectivity index (χ3n) is 15.2. The molecule has 0 aliphatic rings. The predicted octanol–water partition coefficient (Wildman–Crippen LogP) is 23.8. The van der Waals surface area contributed by atoms with Gasteiger partial charge in [-0.3, -0.25) is 0 Å². The van der Waals surface area contributed by atoms with Crippen LogP contribution in [0.3, 0.4) is 0 Å². The molecule has 0 radical (unpaired) electrons. The van der Waals surface area contributed by atoms with Gasteiger partial charge in [0.15, 0.2) is 0 Å². The van der Waals surface area contributed by atoms with E-state index in [4.69, 9.17) is 0 Å². The molecule has 0 amide bonds. The molecule has 0 N–H and O–H groups in total. The lowest BCUT2D eigenvalue weighted by atomic mass is 10.0. The predicted molar refractivity (Wildman–Crippen MR) is 294 cm³/mol. The fraction of sp³-hybridized carbons (Fsp3) is 1.00. The van der Waals surface area contributed by atoms with Crippen LogP contribution in [0.1, 0.15) is 368 Å². The van der Waals surface area contributed by atoms with Crippen LogP contribution in [-0.4, -0.2) is 24.6 Å². The SMILES string of the molecule is CCCCCCCCCCCCCCCC[P+](CCCCCCCCCCCCC)(CCCCCCCCCCCCCCCC)CCCCCCCCCCCCCCCC. The Balaban J connectivity index is 4.90. The maximum absolute atomic E-state index is 2.34. The Bertz CT molecular complexity index is 680. The van der Waals surface area contributed by atoms with Gasteiger partial charge in [0.25, 0.3) is 0 Å². The number of hydrogen-bond donors (Lipinski definition) is 0. The molecule has 0 spiro atoms. The van der Waals surface area contributed by atoms with E-state index in [1.165, 1.54) is 315 Å². The first kappa shape index (κ1) is 62.4. The summed E-state index contributed by atoms with van der Waals surface area (Å²) in [5.41, 5.74) is 0. The van der Waals surface area contributed by atoms with Gasteiger partial charge in [0, 0.05) is 7.26 Å². The van der Waals surface area contributed by atoms with Crippen molar-refractivity contribution in [1.29, 1.82) is 0 Å². The average molecular weight is 891 g/mol. The number of rotatable bonds is 57. The zero-order valence-electron chi connectivity index (χ0n) is 44.8. The number of unbranched alkanes of at least 4 members (excludes halogenated alkanes) is 49. The third-order valence-corrected chi connectivity index (χ3v) is 20.3. The lowest BCUT2D eigenvalue weighted by Crippen LogP contribution is -2.13. The van der Waals surface area contributed by atoms with Gasteiger partial charge in [0.1, 0.15) is 0 Å². The zero-order chi connectivity index (χ0) is 44.8. The molecule has 0 fully saturated rings. The van der Waals surface area contributed by atoms with Crippen molar-refractivity contribution in [2.75, 3.05) is 24.6 Å². The van der Waals surface area contributed by atoms with Crippen LogP contribution in [0, 0.1) is 0 Å². The van der Waals surface area contributed by atoms with E-state index in [0.717, 1.165) is 0 Å². The van der Waals surface area contributed by atoms with Crippen LogP contribution in [-0.2, 0) is 0 Å². The molecule has 0 unspecified atom stereocenters. The van der Waals surface area contributed by atoms with Crippen LogP contribution < -0.4 is 0 Å². The lowest BCUT2D eigenvalue weighted by Gasteiger charge is -2.28. The van der Waals surface area contributed by atoms with Crippen molar-refractivity contribution >= 4 is 7.26 Å². The Morgan fingerprint density at radius 2 is 0.226 bits per heavy atom. The normalized spacial score (nSPS) is 12.0. The van der Waals surface area contributed by atoms with Crippen LogP contribution in [0.5, 0.6) is 0 Å². The largest absolute Gasteiger partial charge is 0.0654 e. The molecule has 0 rings (SSSR count). The summed E-state index contributed by atoms with van der Waals surface area (Å²) in [6, 6.07) is 0. The summed E-state index contributed by atoms with van der Waals surface area (Å²) in [5, 5.41) is 0. The second kappa shape index (κ2) is 55.8. The Labute approximate surface area is 398 Å². The van der Waals surface area contributed by atoms with Gasteiger partial charge in [-0.1, -0.05) is 317 Å². The first-order valence-corrected chi connectivity index (χ1v) is 33.1. The van der Waals surface area contributed by atoms with Crippen molar-refractivity contribution in [3.05, 3.63) is 0 Å². The lowest BCUT2D eigenvalue weighted by molar-refractivity contribution is 0.536. The summed E-state index contributed by atoms with van der Waals surface area (Å²) in [6.45, 7) is 9.35. The van der Waals surface area contributed by atoms with Gasteiger partial charge in [-0.05, 0) is 51.4 Å². The van der Waals surface area contributed by atoms with E-state index in [9.17, 15) is 0 Å². The second-order valence-electron chi connectivity index (χ2n) is 21.6. The van der Waals surface area contributed by atoms with Gasteiger partial charge < -0.3 is 0 Å². The van der Waals surface area contributed by atoms with E-state index in [0.29, 0.717) is 0 Å². The summed E-state index contributed by atoms with van der Waals surface area (Å²) in [7, 11) is -0.827. The third kappa shape index (κ3) is 49.9. The van der Waals surface area contributed by atoms with Crippen molar-refractivity contribution in [1.82, 2.24) is 0 Å². The van der Waals surface area contributed by atoms with Crippen LogP contribution in [0.15, 0.2) is 0 Å². The highest BCUT2D eigenvalue weighted by Gasteiger charge is 2.35. The minimum atomic E-state index is -0.827. The van der Waals surface area contributed by atoms with E-state index < -0.39 is 7.26 Å². The molecule has 0 aromatic heterocycles. The molecular formula is C61H126P+. The van der Waals surface area contributed by atoms with E-state index >= 15 is 0 Å². The number of hydrogen-bond acceptors (Lipinski definition) is 0. The van der Waals surface area contributed by atoms with Gasteiger partial charge in [-0.2, -0.15) is 0 Å². The molecule has 0 saturated heterocycles. The first-order valence-electron chi connectivity index (χ1n) is 30.6. The molecule has 0 nitrogen and oxygen atoms in total. The van der Waals surface area contributed by atoms with Gasteiger partial charge >= 0.3 is 0 Å². The summed E-state index contributed by atoms with van der Waals surface area (Å²) in [5.74, 6) is 0. The summed E-state index contributed by atoms with van der Waals surface area (Å²) in [6.07, 6.45) is 85.8. The molecule has 0 atom stereocenters. The Morgan fingerprint density at radius 3 is 0.339 bits per heavy atom. The highest BCUT2D eigenvalue weighted by molar-refractivity contribution is 7.75. The van der Waals surface area contributed by atoms with Gasteiger partial charge in [0.05, 0.1) is 24.6 Å². The topological polar surface area (TPSA) is 0 Å². The molecule has 0 saturated carbocycles. The van der Waals surface area contributed by atoms with Crippen molar-refractivity contribution < 1.29 is 0 Å².